The van der Waals surface area contributed by atoms with Gasteiger partial charge in [-0.1, -0.05) is 5.16 Å². The third kappa shape index (κ3) is 4.26. The van der Waals surface area contributed by atoms with Gasteiger partial charge in [-0.25, -0.2) is 0 Å². The zero-order valence-corrected chi connectivity index (χ0v) is 8.27. The fraction of sp³-hybridized carbons (Fsp3) is 0.444. The number of carbonyl (C=O) groups is 2. The Bertz CT molecular complexity index is 334. The lowest BCUT2D eigenvalue weighted by molar-refractivity contribution is -0.137. The molecule has 1 heterocycles. The number of hydrogen-bond donors (Lipinski definition) is 2. The Labute approximate surface area is 86.3 Å². The maximum Gasteiger partial charge on any atom is 0.305 e. The number of amides is 1. The van der Waals surface area contributed by atoms with Crippen LogP contribution in [-0.4, -0.2) is 28.2 Å². The third-order valence-electron chi connectivity index (χ3n) is 1.72. The van der Waals surface area contributed by atoms with E-state index in [-0.39, 0.29) is 24.8 Å². The first-order chi connectivity index (χ1) is 7.08. The molecule has 2 N–H and O–H groups in total. The van der Waals surface area contributed by atoms with E-state index in [0.717, 1.165) is 0 Å². The largest absolute Gasteiger partial charge is 0.481 e. The molecule has 1 unspecified atom stereocenters. The summed E-state index contributed by atoms with van der Waals surface area (Å²) in [6, 6.07) is 1.20. The molecule has 82 valence electrons. The van der Waals surface area contributed by atoms with Gasteiger partial charge >= 0.3 is 5.97 Å². The number of carboxylic acid groups (broad SMARTS) is 1. The number of carbonyl (C=O) groups excluding carboxylic acids is 1. The Morgan fingerprint density at radius 2 is 2.40 bits per heavy atom. The predicted octanol–water partition coefficient (Wildman–Crippen LogP) is 0.196. The molecule has 0 radical (unpaired) electrons. The molecular formula is C9H12N2O4. The fourth-order valence-corrected chi connectivity index (χ4v) is 1.13. The Morgan fingerprint density at radius 1 is 1.67 bits per heavy atom. The second kappa shape index (κ2) is 5.14. The van der Waals surface area contributed by atoms with E-state index in [1.54, 1.807) is 13.0 Å². The monoisotopic (exact) mass is 212 g/mol. The molecular weight excluding hydrogens is 200 g/mol. The molecule has 0 aliphatic rings. The lowest BCUT2D eigenvalue weighted by Crippen LogP contribution is -2.35. The Kier molecular flexibility index (Phi) is 3.84. The van der Waals surface area contributed by atoms with Gasteiger partial charge in [0.1, 0.15) is 6.26 Å². The quantitative estimate of drug-likeness (QED) is 0.727. The van der Waals surface area contributed by atoms with Crippen LogP contribution in [0.3, 0.4) is 0 Å². The van der Waals surface area contributed by atoms with Gasteiger partial charge < -0.3 is 14.9 Å². The smallest absolute Gasteiger partial charge is 0.305 e. The summed E-state index contributed by atoms with van der Waals surface area (Å²) in [6.45, 7) is 1.63. The summed E-state index contributed by atoms with van der Waals surface area (Å²) in [5, 5.41) is 14.6. The van der Waals surface area contributed by atoms with E-state index in [1.165, 1.54) is 6.26 Å². The highest BCUT2D eigenvalue weighted by Gasteiger charge is 2.12. The zero-order valence-electron chi connectivity index (χ0n) is 8.27. The standard InChI is InChI=1S/C9H12N2O4/c1-6(4-9(13)14)10-8(12)5-7-2-3-15-11-7/h2-3,6H,4-5H2,1H3,(H,10,12)(H,13,14). The van der Waals surface area contributed by atoms with Crippen molar-refractivity contribution in [2.24, 2.45) is 0 Å². The molecule has 0 saturated heterocycles. The first-order valence-corrected chi connectivity index (χ1v) is 4.48. The molecule has 0 fully saturated rings. The highest BCUT2D eigenvalue weighted by Crippen LogP contribution is 1.97. The van der Waals surface area contributed by atoms with E-state index in [0.29, 0.717) is 5.69 Å². The van der Waals surface area contributed by atoms with Gasteiger partial charge in [0.15, 0.2) is 0 Å². The van der Waals surface area contributed by atoms with Gasteiger partial charge in [-0.05, 0) is 6.92 Å². The number of nitrogens with zero attached hydrogens (tertiary/aromatic N) is 1. The molecule has 0 spiro atoms. The minimum atomic E-state index is -0.941. The van der Waals surface area contributed by atoms with E-state index in [9.17, 15) is 9.59 Å². The summed E-state index contributed by atoms with van der Waals surface area (Å²) in [5.41, 5.74) is 0.523. The molecule has 6 heteroatoms. The summed E-state index contributed by atoms with van der Waals surface area (Å²) < 4.78 is 4.56. The van der Waals surface area contributed by atoms with Gasteiger partial charge in [0.2, 0.25) is 5.91 Å². The number of aliphatic carboxylic acids is 1. The van der Waals surface area contributed by atoms with Crippen LogP contribution in [0, 0.1) is 0 Å². The van der Waals surface area contributed by atoms with Crippen LogP contribution in [0.2, 0.25) is 0 Å². The van der Waals surface area contributed by atoms with E-state index >= 15 is 0 Å². The third-order valence-corrected chi connectivity index (χ3v) is 1.72. The molecule has 1 amide bonds. The molecule has 6 nitrogen and oxygen atoms in total. The van der Waals surface area contributed by atoms with E-state index in [2.05, 4.69) is 15.0 Å². The maximum atomic E-state index is 11.3. The van der Waals surface area contributed by atoms with Crippen LogP contribution in [0.4, 0.5) is 0 Å². The van der Waals surface area contributed by atoms with Crippen LogP contribution >= 0.6 is 0 Å². The van der Waals surface area contributed by atoms with Crippen molar-refractivity contribution in [2.45, 2.75) is 25.8 Å². The highest BCUT2D eigenvalue weighted by atomic mass is 16.5. The molecule has 0 aliphatic heterocycles. The SMILES string of the molecule is CC(CC(=O)O)NC(=O)Cc1ccon1. The average Bonchev–Trinajstić information content (AvgIpc) is 2.53. The molecule has 0 bridgehead atoms. The van der Waals surface area contributed by atoms with Crippen molar-refractivity contribution in [3.8, 4) is 0 Å². The highest BCUT2D eigenvalue weighted by molar-refractivity contribution is 5.79. The van der Waals surface area contributed by atoms with Crippen molar-refractivity contribution >= 4 is 11.9 Å². The van der Waals surface area contributed by atoms with Crippen molar-refractivity contribution in [2.75, 3.05) is 0 Å². The van der Waals surface area contributed by atoms with E-state index in [4.69, 9.17) is 5.11 Å². The van der Waals surface area contributed by atoms with Crippen LogP contribution in [0.25, 0.3) is 0 Å². The van der Waals surface area contributed by atoms with Crippen molar-refractivity contribution < 1.29 is 19.2 Å². The molecule has 0 aliphatic carbocycles. The molecule has 1 aromatic heterocycles. The second-order valence-corrected chi connectivity index (χ2v) is 3.23. The first-order valence-electron chi connectivity index (χ1n) is 4.48. The number of nitrogens with one attached hydrogen (secondary N) is 1. The van der Waals surface area contributed by atoms with Crippen LogP contribution in [0.1, 0.15) is 19.0 Å². The van der Waals surface area contributed by atoms with Gasteiger partial charge in [-0.2, -0.15) is 0 Å². The fourth-order valence-electron chi connectivity index (χ4n) is 1.13. The van der Waals surface area contributed by atoms with Gasteiger partial charge in [0.25, 0.3) is 0 Å². The number of hydrogen-bond acceptors (Lipinski definition) is 4. The molecule has 0 saturated carbocycles. The molecule has 0 aromatic carbocycles. The Hall–Kier alpha value is -1.85. The number of carboxylic acids is 1. The van der Waals surface area contributed by atoms with Gasteiger partial charge in [-0.3, -0.25) is 9.59 Å². The minimum Gasteiger partial charge on any atom is -0.481 e. The molecule has 1 aromatic rings. The number of aromatic nitrogens is 1. The van der Waals surface area contributed by atoms with Crippen LogP contribution < -0.4 is 5.32 Å². The Morgan fingerprint density at radius 3 is 2.93 bits per heavy atom. The lowest BCUT2D eigenvalue weighted by atomic mass is 10.2. The van der Waals surface area contributed by atoms with Gasteiger partial charge in [0, 0.05) is 12.1 Å². The van der Waals surface area contributed by atoms with Crippen molar-refractivity contribution in [1.82, 2.24) is 10.5 Å². The van der Waals surface area contributed by atoms with Crippen molar-refractivity contribution in [3.63, 3.8) is 0 Å². The van der Waals surface area contributed by atoms with Crippen LogP contribution in [0.5, 0.6) is 0 Å². The average molecular weight is 212 g/mol. The van der Waals surface area contributed by atoms with Crippen LogP contribution in [-0.2, 0) is 16.0 Å². The summed E-state index contributed by atoms with van der Waals surface area (Å²) in [6.07, 6.45) is 1.38. The molecule has 1 rings (SSSR count). The lowest BCUT2D eigenvalue weighted by Gasteiger charge is -2.10. The van der Waals surface area contributed by atoms with E-state index in [1.807, 2.05) is 0 Å². The first kappa shape index (κ1) is 11.2. The topological polar surface area (TPSA) is 92.4 Å². The normalized spacial score (nSPS) is 12.1. The van der Waals surface area contributed by atoms with Gasteiger partial charge in [-0.15, -0.1) is 0 Å². The summed E-state index contributed by atoms with van der Waals surface area (Å²) in [4.78, 5) is 21.6. The summed E-state index contributed by atoms with van der Waals surface area (Å²) in [7, 11) is 0. The van der Waals surface area contributed by atoms with Crippen molar-refractivity contribution in [1.29, 1.82) is 0 Å². The number of rotatable bonds is 5. The molecule has 1 atom stereocenters. The minimum absolute atomic E-state index is 0.0927. The second-order valence-electron chi connectivity index (χ2n) is 3.23. The predicted molar refractivity (Wildman–Crippen MR) is 50.1 cm³/mol. The van der Waals surface area contributed by atoms with E-state index < -0.39 is 5.97 Å². The summed E-state index contributed by atoms with van der Waals surface area (Å²) >= 11 is 0. The van der Waals surface area contributed by atoms with Gasteiger partial charge in [0.05, 0.1) is 18.5 Å². The maximum absolute atomic E-state index is 11.3. The molecule has 15 heavy (non-hydrogen) atoms. The Balaban J connectivity index is 2.33. The van der Waals surface area contributed by atoms with Crippen LogP contribution in [0.15, 0.2) is 16.9 Å². The summed E-state index contributed by atoms with van der Waals surface area (Å²) in [5.74, 6) is -1.21. The van der Waals surface area contributed by atoms with Crippen molar-refractivity contribution in [3.05, 3.63) is 18.0 Å². The zero-order chi connectivity index (χ0) is 11.3.